The summed E-state index contributed by atoms with van der Waals surface area (Å²) in [5.74, 6) is -0.147. The molecule has 1 aliphatic heterocycles. The summed E-state index contributed by atoms with van der Waals surface area (Å²) in [6, 6.07) is 5.52. The number of nitrogens with one attached hydrogen (secondary N) is 1. The largest absolute Gasteiger partial charge is 0.491 e. The Labute approximate surface area is 124 Å². The quantitative estimate of drug-likeness (QED) is 0.771. The second-order valence-electron chi connectivity index (χ2n) is 6.16. The van der Waals surface area contributed by atoms with Crippen molar-refractivity contribution in [2.75, 3.05) is 13.2 Å². The molecule has 5 heteroatoms. The van der Waals surface area contributed by atoms with Crippen LogP contribution in [-0.2, 0) is 11.2 Å². The molecule has 2 rings (SSSR count). The van der Waals surface area contributed by atoms with Crippen molar-refractivity contribution in [3.63, 3.8) is 0 Å². The summed E-state index contributed by atoms with van der Waals surface area (Å²) < 4.78 is 5.70. The Morgan fingerprint density at radius 1 is 1.48 bits per heavy atom. The Morgan fingerprint density at radius 3 is 2.81 bits per heavy atom. The normalized spacial score (nSPS) is 21.5. The van der Waals surface area contributed by atoms with Crippen LogP contribution < -0.4 is 10.1 Å². The van der Waals surface area contributed by atoms with Crippen LogP contribution in [0.3, 0.4) is 0 Å². The molecule has 0 radical (unpaired) electrons. The number of rotatable bonds is 5. The number of hydrogen-bond donors (Lipinski definition) is 3. The smallest absolute Gasteiger partial charge is 0.310 e. The highest BCUT2D eigenvalue weighted by Crippen LogP contribution is 2.33. The molecule has 0 aliphatic carbocycles. The minimum absolute atomic E-state index is 0.274. The van der Waals surface area contributed by atoms with E-state index in [9.17, 15) is 9.90 Å². The van der Waals surface area contributed by atoms with E-state index in [-0.39, 0.29) is 12.6 Å². The molecule has 1 aromatic carbocycles. The van der Waals surface area contributed by atoms with Crippen LogP contribution in [0.15, 0.2) is 18.2 Å². The molecule has 0 spiro atoms. The standard InChI is InChI=1S/C16H23NO4/c1-4-10-5-6-11-13(7-10)21-8-12(14(11)18)17-9-16(2,3)15(19)20/h5-7,12,14,17-18H,4,8-9H2,1-3H3,(H,19,20)/t12-,14+/m0/s1. The minimum Gasteiger partial charge on any atom is -0.491 e. The van der Waals surface area contributed by atoms with Crippen molar-refractivity contribution in [1.29, 1.82) is 0 Å². The number of aliphatic hydroxyl groups excluding tert-OH is 1. The Hall–Kier alpha value is -1.59. The number of aryl methyl sites for hydroxylation is 1. The van der Waals surface area contributed by atoms with Gasteiger partial charge in [0.05, 0.1) is 11.5 Å². The maximum Gasteiger partial charge on any atom is 0.310 e. The van der Waals surface area contributed by atoms with Gasteiger partial charge < -0.3 is 20.3 Å². The molecule has 0 amide bonds. The van der Waals surface area contributed by atoms with Crippen LogP contribution in [0, 0.1) is 5.41 Å². The molecule has 0 saturated carbocycles. The van der Waals surface area contributed by atoms with Gasteiger partial charge in [-0.3, -0.25) is 4.79 Å². The van der Waals surface area contributed by atoms with Crippen LogP contribution in [0.5, 0.6) is 5.75 Å². The first-order chi connectivity index (χ1) is 9.85. The van der Waals surface area contributed by atoms with E-state index < -0.39 is 17.5 Å². The van der Waals surface area contributed by atoms with E-state index in [1.54, 1.807) is 13.8 Å². The number of carbonyl (C=O) groups is 1. The predicted octanol–water partition coefficient (Wildman–Crippen LogP) is 1.74. The van der Waals surface area contributed by atoms with Crippen LogP contribution in [0.2, 0.25) is 0 Å². The van der Waals surface area contributed by atoms with Gasteiger partial charge in [0.25, 0.3) is 0 Å². The summed E-state index contributed by atoms with van der Waals surface area (Å²) in [7, 11) is 0. The van der Waals surface area contributed by atoms with Crippen molar-refractivity contribution in [3.05, 3.63) is 29.3 Å². The molecule has 0 bridgehead atoms. The number of benzene rings is 1. The topological polar surface area (TPSA) is 78.8 Å². The lowest BCUT2D eigenvalue weighted by Gasteiger charge is -2.33. The lowest BCUT2D eigenvalue weighted by atomic mass is 9.92. The average molecular weight is 293 g/mol. The maximum atomic E-state index is 11.1. The number of ether oxygens (including phenoxy) is 1. The number of aliphatic carboxylic acids is 1. The molecule has 0 saturated heterocycles. The number of carboxylic acids is 1. The lowest BCUT2D eigenvalue weighted by Crippen LogP contribution is -2.47. The second-order valence-corrected chi connectivity index (χ2v) is 6.16. The lowest BCUT2D eigenvalue weighted by molar-refractivity contribution is -0.146. The third-order valence-corrected chi connectivity index (χ3v) is 3.99. The number of hydrogen-bond acceptors (Lipinski definition) is 4. The molecule has 2 atom stereocenters. The minimum atomic E-state index is -0.883. The van der Waals surface area contributed by atoms with Crippen LogP contribution in [0.1, 0.15) is 38.0 Å². The highest BCUT2D eigenvalue weighted by atomic mass is 16.5. The number of fused-ring (bicyclic) bond motifs is 1. The van der Waals surface area contributed by atoms with Crippen LogP contribution >= 0.6 is 0 Å². The molecule has 0 aromatic heterocycles. The van der Waals surface area contributed by atoms with E-state index in [2.05, 4.69) is 12.2 Å². The highest BCUT2D eigenvalue weighted by molar-refractivity contribution is 5.73. The van der Waals surface area contributed by atoms with Gasteiger partial charge in [-0.2, -0.15) is 0 Å². The molecule has 1 aromatic rings. The molecule has 1 heterocycles. The van der Waals surface area contributed by atoms with Crippen molar-refractivity contribution in [3.8, 4) is 5.75 Å². The van der Waals surface area contributed by atoms with Gasteiger partial charge in [-0.1, -0.05) is 19.1 Å². The monoisotopic (exact) mass is 293 g/mol. The summed E-state index contributed by atoms with van der Waals surface area (Å²) >= 11 is 0. The molecule has 3 N–H and O–H groups in total. The summed E-state index contributed by atoms with van der Waals surface area (Å²) in [5.41, 5.74) is 1.04. The van der Waals surface area contributed by atoms with Gasteiger partial charge in [-0.25, -0.2) is 0 Å². The zero-order valence-corrected chi connectivity index (χ0v) is 12.7. The molecule has 5 nitrogen and oxygen atoms in total. The van der Waals surface area contributed by atoms with Gasteiger partial charge in [0.15, 0.2) is 0 Å². The molecule has 1 aliphatic rings. The third kappa shape index (κ3) is 3.36. The van der Waals surface area contributed by atoms with Crippen molar-refractivity contribution >= 4 is 5.97 Å². The Bertz CT molecular complexity index is 527. The van der Waals surface area contributed by atoms with Crippen LogP contribution in [0.4, 0.5) is 0 Å². The molecule has 116 valence electrons. The fourth-order valence-corrected chi connectivity index (χ4v) is 2.29. The zero-order chi connectivity index (χ0) is 15.6. The average Bonchev–Trinajstić information content (AvgIpc) is 2.46. The van der Waals surface area contributed by atoms with Crippen LogP contribution in [-0.4, -0.2) is 35.4 Å². The molecule has 0 unspecified atom stereocenters. The summed E-state index contributed by atoms with van der Waals surface area (Å²) in [6.45, 7) is 5.98. The van der Waals surface area contributed by atoms with E-state index >= 15 is 0 Å². The van der Waals surface area contributed by atoms with E-state index in [1.807, 2.05) is 18.2 Å². The fourth-order valence-electron chi connectivity index (χ4n) is 2.29. The maximum absolute atomic E-state index is 11.1. The van der Waals surface area contributed by atoms with Gasteiger partial charge in [0.1, 0.15) is 18.5 Å². The van der Waals surface area contributed by atoms with Crippen molar-refractivity contribution in [1.82, 2.24) is 5.32 Å². The zero-order valence-electron chi connectivity index (χ0n) is 12.7. The summed E-state index contributed by atoms with van der Waals surface area (Å²) in [5, 5.41) is 22.7. The Balaban J connectivity index is 2.07. The van der Waals surface area contributed by atoms with E-state index in [0.717, 1.165) is 17.7 Å². The summed E-state index contributed by atoms with van der Waals surface area (Å²) in [6.07, 6.45) is 0.227. The number of carboxylic acid groups (broad SMARTS) is 1. The van der Waals surface area contributed by atoms with E-state index in [1.165, 1.54) is 5.56 Å². The van der Waals surface area contributed by atoms with Crippen molar-refractivity contribution in [2.45, 2.75) is 39.3 Å². The van der Waals surface area contributed by atoms with Gasteiger partial charge in [0, 0.05) is 12.1 Å². The third-order valence-electron chi connectivity index (χ3n) is 3.99. The SMILES string of the molecule is CCc1ccc2c(c1)OC[C@H](NCC(C)(C)C(=O)O)[C@@H]2O. The predicted molar refractivity (Wildman–Crippen MR) is 79.5 cm³/mol. The first-order valence-electron chi connectivity index (χ1n) is 7.25. The Kier molecular flexibility index (Phi) is 4.54. The first kappa shape index (κ1) is 15.8. The van der Waals surface area contributed by atoms with Crippen molar-refractivity contribution < 1.29 is 19.7 Å². The van der Waals surface area contributed by atoms with Gasteiger partial charge in [-0.05, 0) is 31.9 Å². The van der Waals surface area contributed by atoms with E-state index in [0.29, 0.717) is 6.61 Å². The first-order valence-corrected chi connectivity index (χ1v) is 7.25. The molecular weight excluding hydrogens is 270 g/mol. The summed E-state index contributed by atoms with van der Waals surface area (Å²) in [4.78, 5) is 11.1. The second kappa shape index (κ2) is 6.03. The van der Waals surface area contributed by atoms with Crippen LogP contribution in [0.25, 0.3) is 0 Å². The van der Waals surface area contributed by atoms with Gasteiger partial charge >= 0.3 is 5.97 Å². The highest BCUT2D eigenvalue weighted by Gasteiger charge is 2.33. The molecule has 0 fully saturated rings. The van der Waals surface area contributed by atoms with Gasteiger partial charge in [0.2, 0.25) is 0 Å². The van der Waals surface area contributed by atoms with E-state index in [4.69, 9.17) is 9.84 Å². The van der Waals surface area contributed by atoms with Gasteiger partial charge in [-0.15, -0.1) is 0 Å². The fraction of sp³-hybridized carbons (Fsp3) is 0.562. The Morgan fingerprint density at radius 2 is 2.19 bits per heavy atom. The molecule has 21 heavy (non-hydrogen) atoms. The van der Waals surface area contributed by atoms with Crippen molar-refractivity contribution in [2.24, 2.45) is 5.41 Å². The molecular formula is C16H23NO4. The number of aliphatic hydroxyl groups is 1.